The van der Waals surface area contributed by atoms with Crippen molar-refractivity contribution >= 4 is 5.97 Å². The number of aliphatic hydroxyl groups excluding tert-OH is 1. The summed E-state index contributed by atoms with van der Waals surface area (Å²) in [5.41, 5.74) is 0.217. The standard InChI is InChI=1S/C9H15F2NO3/c1-2-6(9(14)15)3-4-12-5-7(13)8(10)11/h3,7-8,12-13H,2,4-5H2,1H3,(H,14,15). The molecule has 88 valence electrons. The fourth-order valence-electron chi connectivity index (χ4n) is 0.899. The van der Waals surface area contributed by atoms with Gasteiger partial charge in [0.15, 0.2) is 0 Å². The van der Waals surface area contributed by atoms with Crippen LogP contribution >= 0.6 is 0 Å². The number of alkyl halides is 2. The van der Waals surface area contributed by atoms with Crippen LogP contribution in [0.5, 0.6) is 0 Å². The topological polar surface area (TPSA) is 69.6 Å². The summed E-state index contributed by atoms with van der Waals surface area (Å²) >= 11 is 0. The molecule has 4 nitrogen and oxygen atoms in total. The first-order chi connectivity index (χ1) is 6.99. The molecule has 0 fully saturated rings. The predicted molar refractivity (Wildman–Crippen MR) is 50.9 cm³/mol. The van der Waals surface area contributed by atoms with Crippen molar-refractivity contribution in [2.75, 3.05) is 13.1 Å². The van der Waals surface area contributed by atoms with Crippen LogP contribution in [0, 0.1) is 0 Å². The summed E-state index contributed by atoms with van der Waals surface area (Å²) in [4.78, 5) is 10.5. The molecule has 0 aromatic rings. The largest absolute Gasteiger partial charge is 0.478 e. The van der Waals surface area contributed by atoms with Crippen molar-refractivity contribution in [3.63, 3.8) is 0 Å². The number of carbonyl (C=O) groups is 1. The molecule has 0 amide bonds. The lowest BCUT2D eigenvalue weighted by molar-refractivity contribution is -0.132. The van der Waals surface area contributed by atoms with Crippen molar-refractivity contribution in [1.29, 1.82) is 0 Å². The molecule has 0 aliphatic carbocycles. The van der Waals surface area contributed by atoms with Crippen LogP contribution in [-0.4, -0.2) is 41.8 Å². The highest BCUT2D eigenvalue weighted by molar-refractivity contribution is 5.86. The Bertz CT molecular complexity index is 231. The zero-order valence-electron chi connectivity index (χ0n) is 8.41. The van der Waals surface area contributed by atoms with Gasteiger partial charge in [-0.1, -0.05) is 13.0 Å². The van der Waals surface area contributed by atoms with Gasteiger partial charge in [0.25, 0.3) is 6.43 Å². The zero-order valence-corrected chi connectivity index (χ0v) is 8.41. The van der Waals surface area contributed by atoms with Crippen molar-refractivity contribution in [2.24, 2.45) is 0 Å². The molecule has 0 aromatic carbocycles. The molecule has 15 heavy (non-hydrogen) atoms. The molecule has 0 bridgehead atoms. The first-order valence-electron chi connectivity index (χ1n) is 4.58. The quantitative estimate of drug-likeness (QED) is 0.437. The number of aliphatic carboxylic acids is 1. The van der Waals surface area contributed by atoms with Crippen LogP contribution in [0.15, 0.2) is 11.6 Å². The van der Waals surface area contributed by atoms with Gasteiger partial charge in [0.2, 0.25) is 0 Å². The third-order valence-corrected chi connectivity index (χ3v) is 1.79. The van der Waals surface area contributed by atoms with E-state index < -0.39 is 18.5 Å². The Kier molecular flexibility index (Phi) is 6.81. The van der Waals surface area contributed by atoms with Crippen LogP contribution < -0.4 is 5.32 Å². The highest BCUT2D eigenvalue weighted by atomic mass is 19.3. The third kappa shape index (κ3) is 6.14. The fraction of sp³-hybridized carbons (Fsp3) is 0.667. The minimum atomic E-state index is -2.79. The molecule has 0 aromatic heterocycles. The van der Waals surface area contributed by atoms with E-state index in [4.69, 9.17) is 10.2 Å². The molecule has 0 rings (SSSR count). The highest BCUT2D eigenvalue weighted by Crippen LogP contribution is 2.00. The first-order valence-corrected chi connectivity index (χ1v) is 4.58. The van der Waals surface area contributed by atoms with E-state index in [2.05, 4.69) is 5.32 Å². The molecule has 0 heterocycles. The predicted octanol–water partition coefficient (Wildman–Crippen LogP) is 0.623. The van der Waals surface area contributed by atoms with Crippen molar-refractivity contribution < 1.29 is 23.8 Å². The van der Waals surface area contributed by atoms with Gasteiger partial charge >= 0.3 is 5.97 Å². The summed E-state index contributed by atoms with van der Waals surface area (Å²) in [6.45, 7) is 1.58. The molecule has 0 radical (unpaired) electrons. The number of aliphatic hydroxyl groups is 1. The fourth-order valence-corrected chi connectivity index (χ4v) is 0.899. The van der Waals surface area contributed by atoms with Crippen LogP contribution in [0.2, 0.25) is 0 Å². The van der Waals surface area contributed by atoms with Gasteiger partial charge in [-0.3, -0.25) is 0 Å². The maximum Gasteiger partial charge on any atom is 0.331 e. The summed E-state index contributed by atoms with van der Waals surface area (Å²) < 4.78 is 23.6. The van der Waals surface area contributed by atoms with Gasteiger partial charge in [0.05, 0.1) is 0 Å². The van der Waals surface area contributed by atoms with Gasteiger partial charge in [-0.05, 0) is 6.42 Å². The molecule has 0 aliphatic rings. The summed E-state index contributed by atoms with van der Waals surface area (Å²) in [5.74, 6) is -1.02. The number of carboxylic acid groups (broad SMARTS) is 1. The summed E-state index contributed by atoms with van der Waals surface area (Å²) in [5, 5.41) is 19.8. The van der Waals surface area contributed by atoms with Crippen LogP contribution in [0.4, 0.5) is 8.78 Å². The van der Waals surface area contributed by atoms with Gasteiger partial charge in [-0.25, -0.2) is 13.6 Å². The maximum atomic E-state index is 11.8. The number of halogens is 2. The van der Waals surface area contributed by atoms with E-state index in [0.717, 1.165) is 0 Å². The SMILES string of the molecule is CCC(=CCNCC(O)C(F)F)C(=O)O. The average Bonchev–Trinajstić information content (AvgIpc) is 2.16. The lowest BCUT2D eigenvalue weighted by Gasteiger charge is -2.09. The van der Waals surface area contributed by atoms with E-state index in [1.165, 1.54) is 6.08 Å². The highest BCUT2D eigenvalue weighted by Gasteiger charge is 2.15. The number of carboxylic acids is 1. The van der Waals surface area contributed by atoms with Gasteiger partial charge < -0.3 is 15.5 Å². The second-order valence-corrected chi connectivity index (χ2v) is 2.95. The Morgan fingerprint density at radius 3 is 2.53 bits per heavy atom. The summed E-state index contributed by atoms with van der Waals surface area (Å²) in [6.07, 6.45) is -2.73. The number of nitrogens with one attached hydrogen (secondary N) is 1. The van der Waals surface area contributed by atoms with E-state index in [9.17, 15) is 13.6 Å². The van der Waals surface area contributed by atoms with E-state index in [1.54, 1.807) is 6.92 Å². The first kappa shape index (κ1) is 14.0. The smallest absolute Gasteiger partial charge is 0.331 e. The van der Waals surface area contributed by atoms with E-state index in [0.29, 0.717) is 6.42 Å². The van der Waals surface area contributed by atoms with Gasteiger partial charge in [-0.15, -0.1) is 0 Å². The molecule has 1 atom stereocenters. The molecular formula is C9H15F2NO3. The summed E-state index contributed by atoms with van der Waals surface area (Å²) in [7, 11) is 0. The lowest BCUT2D eigenvalue weighted by atomic mass is 10.2. The maximum absolute atomic E-state index is 11.8. The molecule has 0 aliphatic heterocycles. The third-order valence-electron chi connectivity index (χ3n) is 1.79. The normalized spacial score (nSPS) is 14.3. The van der Waals surface area contributed by atoms with Gasteiger partial charge in [-0.2, -0.15) is 0 Å². The molecule has 6 heteroatoms. The van der Waals surface area contributed by atoms with E-state index >= 15 is 0 Å². The van der Waals surface area contributed by atoms with Crippen LogP contribution in [-0.2, 0) is 4.79 Å². The van der Waals surface area contributed by atoms with Crippen LogP contribution in [0.1, 0.15) is 13.3 Å². The summed E-state index contributed by atoms with van der Waals surface area (Å²) in [6, 6.07) is 0. The van der Waals surface area contributed by atoms with Crippen molar-refractivity contribution in [3.8, 4) is 0 Å². The average molecular weight is 223 g/mol. The minimum Gasteiger partial charge on any atom is -0.478 e. The van der Waals surface area contributed by atoms with Crippen LogP contribution in [0.25, 0.3) is 0 Å². The molecule has 0 saturated carbocycles. The van der Waals surface area contributed by atoms with E-state index in [1.807, 2.05) is 0 Å². The van der Waals surface area contributed by atoms with Crippen molar-refractivity contribution in [2.45, 2.75) is 25.9 Å². The Hall–Kier alpha value is -1.01. The monoisotopic (exact) mass is 223 g/mol. The Balaban J connectivity index is 3.82. The zero-order chi connectivity index (χ0) is 11.8. The van der Waals surface area contributed by atoms with Gasteiger partial charge in [0, 0.05) is 18.7 Å². The Labute approximate surface area is 86.6 Å². The number of hydrogen-bond acceptors (Lipinski definition) is 3. The number of rotatable bonds is 7. The lowest BCUT2D eigenvalue weighted by Crippen LogP contribution is -2.32. The molecule has 0 saturated heterocycles. The molecule has 3 N–H and O–H groups in total. The van der Waals surface area contributed by atoms with Gasteiger partial charge in [0.1, 0.15) is 6.10 Å². The van der Waals surface area contributed by atoms with Crippen molar-refractivity contribution in [1.82, 2.24) is 5.32 Å². The molecule has 0 spiro atoms. The second kappa shape index (κ2) is 7.30. The van der Waals surface area contributed by atoms with Crippen LogP contribution in [0.3, 0.4) is 0 Å². The molecule has 1 unspecified atom stereocenters. The molecular weight excluding hydrogens is 208 g/mol. The second-order valence-electron chi connectivity index (χ2n) is 2.95. The Morgan fingerprint density at radius 1 is 1.53 bits per heavy atom. The van der Waals surface area contributed by atoms with Crippen molar-refractivity contribution in [3.05, 3.63) is 11.6 Å². The van der Waals surface area contributed by atoms with E-state index in [-0.39, 0.29) is 18.7 Å². The minimum absolute atomic E-state index is 0.152. The Morgan fingerprint density at radius 2 is 2.13 bits per heavy atom. The number of hydrogen-bond donors (Lipinski definition) is 3.